The molecule has 2 nitrogen and oxygen atoms in total. The molecule has 0 aliphatic heterocycles. The number of hydrogen-bond acceptors (Lipinski definition) is 3. The van der Waals surface area contributed by atoms with Gasteiger partial charge in [-0.3, -0.25) is 0 Å². The Morgan fingerprint density at radius 3 is 2.89 bits per heavy atom. The van der Waals surface area contributed by atoms with E-state index in [1.807, 2.05) is 5.38 Å². The summed E-state index contributed by atoms with van der Waals surface area (Å²) in [5.41, 5.74) is 0. The standard InChI is InChI=1S/C4H3O2P2S/c5-7-8(6)4-2-1-3-9-4/h1-3H/q+1. The zero-order valence-corrected chi connectivity index (χ0v) is 6.96. The van der Waals surface area contributed by atoms with E-state index in [4.69, 9.17) is 0 Å². The van der Waals surface area contributed by atoms with Gasteiger partial charge in [-0.2, -0.15) is 0 Å². The predicted molar refractivity (Wildman–Crippen MR) is 39.2 cm³/mol. The molecule has 1 rings (SSSR count). The fraction of sp³-hybridized carbons (Fsp3) is 0. The Morgan fingerprint density at radius 1 is 1.67 bits per heavy atom. The van der Waals surface area contributed by atoms with Crippen LogP contribution in [0.1, 0.15) is 0 Å². The Labute approximate surface area is 58.8 Å². The maximum Gasteiger partial charge on any atom is 0.485 e. The Morgan fingerprint density at radius 2 is 2.44 bits per heavy atom. The minimum atomic E-state index is -1.65. The normalized spacial score (nSPS) is 11.8. The highest BCUT2D eigenvalue weighted by Crippen LogP contribution is 2.35. The molecule has 0 N–H and O–H groups in total. The van der Waals surface area contributed by atoms with Gasteiger partial charge in [-0.1, -0.05) is 15.9 Å². The van der Waals surface area contributed by atoms with Crippen LogP contribution in [0, 0.1) is 0 Å². The lowest BCUT2D eigenvalue weighted by Crippen LogP contribution is -1.77. The Bertz CT molecular complexity index is 218. The van der Waals surface area contributed by atoms with Gasteiger partial charge in [-0.05, 0) is 11.4 Å². The van der Waals surface area contributed by atoms with Crippen LogP contribution in [0.4, 0.5) is 0 Å². The maximum absolute atomic E-state index is 10.7. The summed E-state index contributed by atoms with van der Waals surface area (Å²) in [5, 5.41) is 1.81. The van der Waals surface area contributed by atoms with Crippen LogP contribution >= 0.6 is 27.0 Å². The Balaban J connectivity index is 2.89. The monoisotopic (exact) mass is 177 g/mol. The second-order valence-corrected chi connectivity index (χ2v) is 5.33. The minimum Gasteiger partial charge on any atom is -0.213 e. The second kappa shape index (κ2) is 3.17. The van der Waals surface area contributed by atoms with E-state index in [2.05, 4.69) is 0 Å². The molecule has 1 unspecified atom stereocenters. The van der Waals surface area contributed by atoms with Crippen LogP contribution in [0.3, 0.4) is 0 Å². The van der Waals surface area contributed by atoms with E-state index in [-0.39, 0.29) is 8.15 Å². The summed E-state index contributed by atoms with van der Waals surface area (Å²) in [6, 6.07) is 3.51. The molecular formula is C4H3O2P2S+. The van der Waals surface area contributed by atoms with Crippen LogP contribution in [0.15, 0.2) is 17.5 Å². The van der Waals surface area contributed by atoms with Crippen molar-refractivity contribution in [1.82, 2.24) is 0 Å². The third-order valence-corrected chi connectivity index (χ3v) is 4.43. The second-order valence-electron chi connectivity index (χ2n) is 1.31. The summed E-state index contributed by atoms with van der Waals surface area (Å²) in [7, 11) is -1.93. The maximum atomic E-state index is 10.7. The van der Waals surface area contributed by atoms with E-state index >= 15 is 0 Å². The SMILES string of the molecule is O=P[P+](=O)c1cccs1. The molecule has 1 atom stereocenters. The molecule has 0 radical (unpaired) electrons. The summed E-state index contributed by atoms with van der Waals surface area (Å²) in [6.07, 6.45) is 0. The van der Waals surface area contributed by atoms with E-state index in [1.54, 1.807) is 12.1 Å². The molecule has 1 heterocycles. The average molecular weight is 177 g/mol. The van der Waals surface area contributed by atoms with Crippen molar-refractivity contribution in [2.24, 2.45) is 0 Å². The van der Waals surface area contributed by atoms with Crippen LogP contribution in [0.25, 0.3) is 0 Å². The van der Waals surface area contributed by atoms with Crippen molar-refractivity contribution in [3.8, 4) is 0 Å². The van der Waals surface area contributed by atoms with E-state index in [0.29, 0.717) is 4.62 Å². The smallest absolute Gasteiger partial charge is 0.213 e. The van der Waals surface area contributed by atoms with E-state index in [1.165, 1.54) is 11.3 Å². The van der Waals surface area contributed by atoms with Gasteiger partial charge < -0.3 is 0 Å². The van der Waals surface area contributed by atoms with Gasteiger partial charge in [-0.15, -0.1) is 0 Å². The average Bonchev–Trinajstić information content (AvgIpc) is 2.37. The van der Waals surface area contributed by atoms with Crippen molar-refractivity contribution in [2.75, 3.05) is 0 Å². The quantitative estimate of drug-likeness (QED) is 0.650. The Hall–Kier alpha value is -0.100. The van der Waals surface area contributed by atoms with E-state index in [0.717, 1.165) is 0 Å². The first-order chi connectivity index (χ1) is 4.34. The van der Waals surface area contributed by atoms with Gasteiger partial charge in [0.25, 0.3) is 4.62 Å². The van der Waals surface area contributed by atoms with Gasteiger partial charge in [0.05, 0.1) is 0 Å². The summed E-state index contributed by atoms with van der Waals surface area (Å²) in [6.45, 7) is 0. The molecule has 5 heteroatoms. The van der Waals surface area contributed by atoms with Crippen molar-refractivity contribution in [3.63, 3.8) is 0 Å². The van der Waals surface area contributed by atoms with Crippen molar-refractivity contribution in [1.29, 1.82) is 0 Å². The van der Waals surface area contributed by atoms with Crippen molar-refractivity contribution >= 4 is 31.6 Å². The molecule has 0 fully saturated rings. The first kappa shape index (κ1) is 7.01. The first-order valence-corrected chi connectivity index (χ1v) is 5.84. The summed E-state index contributed by atoms with van der Waals surface area (Å²) in [4.78, 5) is 0. The lowest BCUT2D eigenvalue weighted by molar-refractivity contribution is 0.589. The largest absolute Gasteiger partial charge is 0.485 e. The van der Waals surface area contributed by atoms with E-state index < -0.39 is 7.49 Å². The number of thiophene rings is 1. The lowest BCUT2D eigenvalue weighted by atomic mass is 10.7. The zero-order valence-electron chi connectivity index (χ0n) is 4.35. The number of rotatable bonds is 2. The molecule has 1 aromatic heterocycles. The number of hydrogen-bond donors (Lipinski definition) is 0. The summed E-state index contributed by atoms with van der Waals surface area (Å²) >= 11 is 1.36. The fourth-order valence-corrected chi connectivity index (χ4v) is 2.88. The third kappa shape index (κ3) is 1.65. The highest BCUT2D eigenvalue weighted by atomic mass is 32.1. The van der Waals surface area contributed by atoms with Gasteiger partial charge >= 0.3 is 15.6 Å². The third-order valence-electron chi connectivity index (χ3n) is 0.769. The highest BCUT2D eigenvalue weighted by molar-refractivity contribution is 8.14. The molecule has 0 aromatic carbocycles. The highest BCUT2D eigenvalue weighted by Gasteiger charge is 2.20. The van der Waals surface area contributed by atoms with Gasteiger partial charge in [-0.25, -0.2) is 4.57 Å². The van der Waals surface area contributed by atoms with Crippen molar-refractivity contribution in [3.05, 3.63) is 17.5 Å². The molecule has 0 saturated carbocycles. The van der Waals surface area contributed by atoms with Gasteiger partial charge in [0, 0.05) is 6.07 Å². The first-order valence-electron chi connectivity index (χ1n) is 2.18. The van der Waals surface area contributed by atoms with E-state index in [9.17, 15) is 9.13 Å². The molecule has 46 valence electrons. The molecule has 0 amide bonds. The van der Waals surface area contributed by atoms with Crippen LogP contribution in [0.2, 0.25) is 0 Å². The van der Waals surface area contributed by atoms with Crippen LogP contribution < -0.4 is 4.62 Å². The predicted octanol–water partition coefficient (Wildman–Crippen LogP) is 2.41. The van der Waals surface area contributed by atoms with Crippen molar-refractivity contribution in [2.45, 2.75) is 0 Å². The van der Waals surface area contributed by atoms with Gasteiger partial charge in [0.1, 0.15) is 0 Å². The van der Waals surface area contributed by atoms with Gasteiger partial charge in [0.15, 0.2) is 0 Å². The topological polar surface area (TPSA) is 34.1 Å². The molecule has 0 saturated heterocycles. The van der Waals surface area contributed by atoms with Crippen LogP contribution in [0.5, 0.6) is 0 Å². The Kier molecular flexibility index (Phi) is 2.47. The lowest BCUT2D eigenvalue weighted by Gasteiger charge is -1.61. The molecule has 9 heavy (non-hydrogen) atoms. The van der Waals surface area contributed by atoms with Gasteiger partial charge in [0.2, 0.25) is 0 Å². The van der Waals surface area contributed by atoms with Crippen molar-refractivity contribution < 1.29 is 9.13 Å². The molecule has 0 aliphatic carbocycles. The minimum absolute atomic E-state index is 0.276. The molecule has 0 bridgehead atoms. The zero-order chi connectivity index (χ0) is 6.69. The molecule has 1 aromatic rings. The summed E-state index contributed by atoms with van der Waals surface area (Å²) < 4.78 is 21.4. The molecule has 0 spiro atoms. The molecular weight excluding hydrogens is 174 g/mol. The summed E-state index contributed by atoms with van der Waals surface area (Å²) in [5.74, 6) is 0. The van der Waals surface area contributed by atoms with Crippen LogP contribution in [-0.4, -0.2) is 0 Å². The molecule has 0 aliphatic rings. The van der Waals surface area contributed by atoms with Crippen LogP contribution in [-0.2, 0) is 9.13 Å². The fourth-order valence-electron chi connectivity index (χ4n) is 0.419.